The molecular formula is C19H28N2O3. The molecule has 0 bridgehead atoms. The van der Waals surface area contributed by atoms with Crippen molar-refractivity contribution < 1.29 is 14.3 Å². The van der Waals surface area contributed by atoms with E-state index in [0.717, 1.165) is 56.4 Å². The Morgan fingerprint density at radius 2 is 1.92 bits per heavy atom. The van der Waals surface area contributed by atoms with Crippen molar-refractivity contribution in [1.82, 2.24) is 4.90 Å². The van der Waals surface area contributed by atoms with E-state index in [0.29, 0.717) is 5.75 Å². The summed E-state index contributed by atoms with van der Waals surface area (Å²) in [5.74, 6) is 1.81. The molecule has 1 aliphatic carbocycles. The van der Waals surface area contributed by atoms with Crippen LogP contribution < -0.4 is 15.2 Å². The van der Waals surface area contributed by atoms with Gasteiger partial charge < -0.3 is 20.1 Å². The smallest absolute Gasteiger partial charge is 0.226 e. The van der Waals surface area contributed by atoms with Crippen LogP contribution in [0, 0.1) is 5.92 Å². The van der Waals surface area contributed by atoms with Crippen molar-refractivity contribution >= 4 is 5.91 Å². The van der Waals surface area contributed by atoms with Crippen LogP contribution in [0.4, 0.5) is 0 Å². The number of methoxy groups -OCH3 is 2. The molecule has 1 saturated heterocycles. The lowest BCUT2D eigenvalue weighted by Crippen LogP contribution is -2.40. The highest BCUT2D eigenvalue weighted by atomic mass is 16.5. The number of hydrogen-bond donors (Lipinski definition) is 1. The number of benzene rings is 1. The van der Waals surface area contributed by atoms with Crippen LogP contribution in [0.1, 0.15) is 50.1 Å². The molecule has 2 N–H and O–H groups in total. The number of ether oxygens (including phenoxy) is 2. The van der Waals surface area contributed by atoms with Gasteiger partial charge in [0.1, 0.15) is 0 Å². The fourth-order valence-electron chi connectivity index (χ4n) is 4.12. The van der Waals surface area contributed by atoms with E-state index in [1.165, 1.54) is 0 Å². The topological polar surface area (TPSA) is 64.8 Å². The largest absolute Gasteiger partial charge is 0.493 e. The first-order valence-electron chi connectivity index (χ1n) is 8.92. The first-order valence-corrected chi connectivity index (χ1v) is 8.92. The molecule has 1 heterocycles. The lowest BCUT2D eigenvalue weighted by atomic mass is 9.85. The molecule has 2 aliphatic rings. The Hall–Kier alpha value is -1.75. The molecule has 1 aliphatic heterocycles. The molecule has 132 valence electrons. The molecule has 3 unspecified atom stereocenters. The van der Waals surface area contributed by atoms with E-state index in [9.17, 15) is 4.79 Å². The highest BCUT2D eigenvalue weighted by molar-refractivity contribution is 5.80. The number of hydrogen-bond acceptors (Lipinski definition) is 4. The molecule has 5 nitrogen and oxygen atoms in total. The summed E-state index contributed by atoms with van der Waals surface area (Å²) in [6.07, 6.45) is 5.95. The van der Waals surface area contributed by atoms with Crippen LogP contribution in [0.25, 0.3) is 0 Å². The Balaban J connectivity index is 1.79. The molecule has 0 aromatic heterocycles. The second-order valence-electron chi connectivity index (χ2n) is 6.93. The van der Waals surface area contributed by atoms with Crippen molar-refractivity contribution in [3.63, 3.8) is 0 Å². The van der Waals surface area contributed by atoms with Crippen LogP contribution >= 0.6 is 0 Å². The Labute approximate surface area is 144 Å². The first-order chi connectivity index (χ1) is 11.6. The molecule has 1 saturated carbocycles. The lowest BCUT2D eigenvalue weighted by Gasteiger charge is -2.32. The summed E-state index contributed by atoms with van der Waals surface area (Å²) in [6.45, 7) is 0.837. The number of carbonyl (C=O) groups is 1. The van der Waals surface area contributed by atoms with Crippen LogP contribution in [0.3, 0.4) is 0 Å². The fourth-order valence-corrected chi connectivity index (χ4v) is 4.12. The SMILES string of the molecule is COc1ccc(C2CCCN2C(=O)C2CCCC(N)C2)cc1OC. The summed E-state index contributed by atoms with van der Waals surface area (Å²) in [6, 6.07) is 6.28. The molecule has 0 radical (unpaired) electrons. The second-order valence-corrected chi connectivity index (χ2v) is 6.93. The Morgan fingerprint density at radius 1 is 1.12 bits per heavy atom. The maximum atomic E-state index is 13.0. The monoisotopic (exact) mass is 332 g/mol. The molecule has 1 aromatic carbocycles. The maximum absolute atomic E-state index is 13.0. The van der Waals surface area contributed by atoms with Gasteiger partial charge in [0.15, 0.2) is 11.5 Å². The number of nitrogens with zero attached hydrogens (tertiary/aromatic N) is 1. The van der Waals surface area contributed by atoms with Crippen molar-refractivity contribution in [2.45, 2.75) is 50.6 Å². The van der Waals surface area contributed by atoms with Gasteiger partial charge in [-0.1, -0.05) is 12.5 Å². The quantitative estimate of drug-likeness (QED) is 0.921. The third-order valence-electron chi connectivity index (χ3n) is 5.39. The Morgan fingerprint density at radius 3 is 2.62 bits per heavy atom. The highest BCUT2D eigenvalue weighted by Gasteiger charge is 2.35. The van der Waals surface area contributed by atoms with E-state index in [4.69, 9.17) is 15.2 Å². The van der Waals surface area contributed by atoms with Gasteiger partial charge in [-0.15, -0.1) is 0 Å². The average molecular weight is 332 g/mol. The van der Waals surface area contributed by atoms with Crippen LogP contribution in [0.5, 0.6) is 11.5 Å². The highest BCUT2D eigenvalue weighted by Crippen LogP contribution is 2.38. The van der Waals surface area contributed by atoms with Crippen LogP contribution in [0.2, 0.25) is 0 Å². The van der Waals surface area contributed by atoms with E-state index in [1.54, 1.807) is 14.2 Å². The van der Waals surface area contributed by atoms with E-state index >= 15 is 0 Å². The van der Waals surface area contributed by atoms with Gasteiger partial charge in [0.05, 0.1) is 20.3 Å². The third-order valence-corrected chi connectivity index (χ3v) is 5.39. The molecule has 3 rings (SSSR count). The summed E-state index contributed by atoms with van der Waals surface area (Å²) in [5, 5.41) is 0. The summed E-state index contributed by atoms with van der Waals surface area (Å²) >= 11 is 0. The van der Waals surface area contributed by atoms with Crippen molar-refractivity contribution in [3.05, 3.63) is 23.8 Å². The summed E-state index contributed by atoms with van der Waals surface area (Å²) in [5.41, 5.74) is 7.20. The summed E-state index contributed by atoms with van der Waals surface area (Å²) < 4.78 is 10.7. The van der Waals surface area contributed by atoms with Crippen molar-refractivity contribution in [1.29, 1.82) is 0 Å². The van der Waals surface area contributed by atoms with E-state index in [1.807, 2.05) is 18.2 Å². The third kappa shape index (κ3) is 3.36. The van der Waals surface area contributed by atoms with Gasteiger partial charge in [-0.05, 0) is 49.8 Å². The number of nitrogens with two attached hydrogens (primary N) is 1. The standard InChI is InChI=1S/C19H28N2O3/c1-23-17-9-8-13(12-18(17)24-2)16-7-4-10-21(16)19(22)14-5-3-6-15(20)11-14/h8-9,12,14-16H,3-7,10-11,20H2,1-2H3. The molecule has 3 atom stereocenters. The van der Waals surface area contributed by atoms with E-state index in [-0.39, 0.29) is 23.9 Å². The number of amides is 1. The summed E-state index contributed by atoms with van der Waals surface area (Å²) in [7, 11) is 3.28. The Kier molecular flexibility index (Phi) is 5.29. The number of likely N-dealkylation sites (tertiary alicyclic amines) is 1. The summed E-state index contributed by atoms with van der Waals surface area (Å²) in [4.78, 5) is 15.1. The first kappa shape index (κ1) is 17.1. The zero-order valence-electron chi connectivity index (χ0n) is 14.7. The molecule has 5 heteroatoms. The van der Waals surface area contributed by atoms with Crippen molar-refractivity contribution in [2.24, 2.45) is 11.7 Å². The molecular weight excluding hydrogens is 304 g/mol. The molecule has 2 fully saturated rings. The second kappa shape index (κ2) is 7.43. The van der Waals surface area contributed by atoms with Gasteiger partial charge in [0.2, 0.25) is 5.91 Å². The van der Waals surface area contributed by atoms with Crippen LogP contribution in [0.15, 0.2) is 18.2 Å². The molecule has 1 amide bonds. The minimum absolute atomic E-state index is 0.0921. The molecule has 0 spiro atoms. The minimum Gasteiger partial charge on any atom is -0.493 e. The van der Waals surface area contributed by atoms with Gasteiger partial charge in [-0.25, -0.2) is 0 Å². The number of carbonyl (C=O) groups excluding carboxylic acids is 1. The lowest BCUT2D eigenvalue weighted by molar-refractivity contribution is -0.137. The van der Waals surface area contributed by atoms with Crippen molar-refractivity contribution in [3.8, 4) is 11.5 Å². The Bertz CT molecular complexity index is 590. The van der Waals surface area contributed by atoms with Crippen LogP contribution in [-0.2, 0) is 4.79 Å². The average Bonchev–Trinajstić information content (AvgIpc) is 3.10. The minimum atomic E-state index is 0.0921. The van der Waals surface area contributed by atoms with E-state index < -0.39 is 0 Å². The van der Waals surface area contributed by atoms with Gasteiger partial charge in [-0.2, -0.15) is 0 Å². The zero-order chi connectivity index (χ0) is 17.1. The van der Waals surface area contributed by atoms with E-state index in [2.05, 4.69) is 4.90 Å². The maximum Gasteiger partial charge on any atom is 0.226 e. The molecule has 1 aromatic rings. The number of rotatable bonds is 4. The molecule has 24 heavy (non-hydrogen) atoms. The zero-order valence-corrected chi connectivity index (χ0v) is 14.7. The normalized spacial score (nSPS) is 27.1. The van der Waals surface area contributed by atoms with Gasteiger partial charge in [0.25, 0.3) is 0 Å². The van der Waals surface area contributed by atoms with Gasteiger partial charge in [0, 0.05) is 18.5 Å². The fraction of sp³-hybridized carbons (Fsp3) is 0.632. The van der Waals surface area contributed by atoms with Gasteiger partial charge in [-0.3, -0.25) is 4.79 Å². The predicted octanol–water partition coefficient (Wildman–Crippen LogP) is 2.88. The van der Waals surface area contributed by atoms with Crippen molar-refractivity contribution in [2.75, 3.05) is 20.8 Å². The van der Waals surface area contributed by atoms with Crippen LogP contribution in [-0.4, -0.2) is 37.6 Å². The predicted molar refractivity (Wildman–Crippen MR) is 93.2 cm³/mol. The van der Waals surface area contributed by atoms with Gasteiger partial charge >= 0.3 is 0 Å².